The number of nitrogens with one attached hydrogen (secondary N) is 2. The lowest BCUT2D eigenvalue weighted by Gasteiger charge is -2.47. The van der Waals surface area contributed by atoms with E-state index in [2.05, 4.69) is 10.6 Å². The van der Waals surface area contributed by atoms with Gasteiger partial charge in [-0.15, -0.1) is 0 Å². The van der Waals surface area contributed by atoms with Gasteiger partial charge in [-0.3, -0.25) is 9.59 Å². The number of amides is 2. The van der Waals surface area contributed by atoms with Crippen LogP contribution in [0.15, 0.2) is 24.3 Å². The highest BCUT2D eigenvalue weighted by Crippen LogP contribution is 2.43. The van der Waals surface area contributed by atoms with Gasteiger partial charge in [0.15, 0.2) is 0 Å². The molecule has 1 aromatic carbocycles. The summed E-state index contributed by atoms with van der Waals surface area (Å²) in [5.41, 5.74) is 1.72. The van der Waals surface area contributed by atoms with Crippen molar-refractivity contribution in [3.8, 4) is 0 Å². The molecule has 2 aliphatic rings. The van der Waals surface area contributed by atoms with Crippen LogP contribution in [0.3, 0.4) is 0 Å². The van der Waals surface area contributed by atoms with Crippen LogP contribution in [-0.4, -0.2) is 50.8 Å². The second-order valence-corrected chi connectivity index (χ2v) is 6.87. The summed E-state index contributed by atoms with van der Waals surface area (Å²) in [6, 6.07) is 7.49. The van der Waals surface area contributed by atoms with Crippen molar-refractivity contribution in [2.75, 3.05) is 26.9 Å². The smallest absolute Gasteiger partial charge is 0.251 e. The van der Waals surface area contributed by atoms with Gasteiger partial charge in [-0.1, -0.05) is 17.7 Å². The Balaban J connectivity index is 1.42. The molecule has 1 aliphatic carbocycles. The third-order valence-electron chi connectivity index (χ3n) is 5.17. The average molecular weight is 346 g/mol. The lowest BCUT2D eigenvalue weighted by Crippen LogP contribution is -2.62. The van der Waals surface area contributed by atoms with Crippen LogP contribution in [0.2, 0.25) is 0 Å². The first-order valence-electron chi connectivity index (χ1n) is 8.85. The largest absolute Gasteiger partial charge is 0.384 e. The van der Waals surface area contributed by atoms with E-state index in [1.165, 1.54) is 0 Å². The number of methoxy groups -OCH3 is 1. The van der Waals surface area contributed by atoms with E-state index in [0.29, 0.717) is 24.6 Å². The van der Waals surface area contributed by atoms with Gasteiger partial charge in [-0.05, 0) is 25.5 Å². The Morgan fingerprint density at radius 2 is 2.04 bits per heavy atom. The lowest BCUT2D eigenvalue weighted by molar-refractivity contribution is -0.129. The monoisotopic (exact) mass is 346 g/mol. The normalized spacial score (nSPS) is 27.3. The highest BCUT2D eigenvalue weighted by Gasteiger charge is 2.54. The Bertz CT molecular complexity index is 616. The predicted octanol–water partition coefficient (Wildman–Crippen LogP) is 1.28. The van der Waals surface area contributed by atoms with Gasteiger partial charge in [-0.2, -0.15) is 0 Å². The third kappa shape index (κ3) is 4.02. The van der Waals surface area contributed by atoms with Crippen molar-refractivity contribution in [1.82, 2.24) is 10.6 Å². The van der Waals surface area contributed by atoms with E-state index in [0.717, 1.165) is 18.6 Å². The summed E-state index contributed by atoms with van der Waals surface area (Å²) in [6.45, 7) is 3.65. The Kier molecular flexibility index (Phi) is 5.71. The fraction of sp³-hybridized carbons (Fsp3) is 0.579. The van der Waals surface area contributed by atoms with Gasteiger partial charge in [0.05, 0.1) is 12.7 Å². The number of fused-ring (bicyclic) bond motifs is 1. The van der Waals surface area contributed by atoms with E-state index in [9.17, 15) is 9.59 Å². The topological polar surface area (TPSA) is 76.7 Å². The Morgan fingerprint density at radius 1 is 1.28 bits per heavy atom. The molecule has 0 aromatic heterocycles. The molecular formula is C19H26N2O4. The summed E-state index contributed by atoms with van der Waals surface area (Å²) in [5.74, 6) is 0.425. The van der Waals surface area contributed by atoms with Crippen molar-refractivity contribution in [2.24, 2.45) is 11.8 Å². The van der Waals surface area contributed by atoms with Crippen LogP contribution in [0, 0.1) is 18.8 Å². The van der Waals surface area contributed by atoms with E-state index in [4.69, 9.17) is 9.47 Å². The molecule has 1 saturated carbocycles. The van der Waals surface area contributed by atoms with Crippen molar-refractivity contribution in [2.45, 2.75) is 31.9 Å². The van der Waals surface area contributed by atoms with Gasteiger partial charge in [-0.25, -0.2) is 0 Å². The number of carbonyl (C=O) groups excluding carboxylic acids is 2. The minimum Gasteiger partial charge on any atom is -0.384 e. The average Bonchev–Trinajstić information content (AvgIpc) is 3.02. The molecule has 0 radical (unpaired) electrons. The summed E-state index contributed by atoms with van der Waals surface area (Å²) >= 11 is 0. The zero-order valence-corrected chi connectivity index (χ0v) is 14.8. The molecule has 0 unspecified atom stereocenters. The SMILES string of the molecule is COC[C@H]1[C@@H](NC(=O)CCNC(=O)c2ccc(C)cc2)[C@@H]2CCO[C@@H]21. The van der Waals surface area contributed by atoms with Crippen LogP contribution < -0.4 is 10.6 Å². The van der Waals surface area contributed by atoms with Gasteiger partial charge in [0, 0.05) is 50.1 Å². The van der Waals surface area contributed by atoms with Gasteiger partial charge in [0.2, 0.25) is 5.91 Å². The Hall–Kier alpha value is -1.92. The molecule has 1 aliphatic heterocycles. The molecule has 2 amide bonds. The van der Waals surface area contributed by atoms with E-state index in [-0.39, 0.29) is 36.3 Å². The minimum atomic E-state index is -0.155. The molecule has 2 fully saturated rings. The highest BCUT2D eigenvalue weighted by molar-refractivity contribution is 5.94. The Labute approximate surface area is 148 Å². The number of carbonyl (C=O) groups is 2. The van der Waals surface area contributed by atoms with E-state index in [1.807, 2.05) is 19.1 Å². The summed E-state index contributed by atoms with van der Waals surface area (Å²) in [7, 11) is 1.67. The molecular weight excluding hydrogens is 320 g/mol. The van der Waals surface area contributed by atoms with Crippen LogP contribution in [0.1, 0.15) is 28.8 Å². The lowest BCUT2D eigenvalue weighted by atomic mass is 9.67. The Morgan fingerprint density at radius 3 is 2.76 bits per heavy atom. The molecule has 1 aromatic rings. The maximum Gasteiger partial charge on any atom is 0.251 e. The number of ether oxygens (including phenoxy) is 2. The zero-order valence-electron chi connectivity index (χ0n) is 14.8. The molecule has 6 nitrogen and oxygen atoms in total. The first-order chi connectivity index (χ1) is 12.1. The second kappa shape index (κ2) is 7.97. The van der Waals surface area contributed by atoms with Crippen LogP contribution in [0.5, 0.6) is 0 Å². The minimum absolute atomic E-state index is 0.0411. The molecule has 1 heterocycles. The first kappa shape index (κ1) is 17.9. The quantitative estimate of drug-likeness (QED) is 0.780. The molecule has 6 heteroatoms. The van der Waals surface area contributed by atoms with E-state index in [1.54, 1.807) is 19.2 Å². The van der Waals surface area contributed by atoms with Crippen molar-refractivity contribution in [3.63, 3.8) is 0 Å². The molecule has 0 spiro atoms. The number of hydrogen-bond donors (Lipinski definition) is 2. The fourth-order valence-electron chi connectivity index (χ4n) is 3.79. The zero-order chi connectivity index (χ0) is 17.8. The molecule has 25 heavy (non-hydrogen) atoms. The highest BCUT2D eigenvalue weighted by atomic mass is 16.5. The molecule has 4 atom stereocenters. The van der Waals surface area contributed by atoms with Gasteiger partial charge in [0.25, 0.3) is 5.91 Å². The van der Waals surface area contributed by atoms with Crippen LogP contribution in [-0.2, 0) is 14.3 Å². The third-order valence-corrected chi connectivity index (χ3v) is 5.17. The van der Waals surface area contributed by atoms with Crippen molar-refractivity contribution in [1.29, 1.82) is 0 Å². The number of rotatable bonds is 7. The molecule has 1 saturated heterocycles. The van der Waals surface area contributed by atoms with E-state index < -0.39 is 0 Å². The molecule has 3 rings (SSSR count). The number of aryl methyl sites for hydroxylation is 1. The first-order valence-corrected chi connectivity index (χ1v) is 8.85. The number of benzene rings is 1. The summed E-state index contributed by atoms with van der Waals surface area (Å²) in [6.07, 6.45) is 1.47. The number of hydrogen-bond acceptors (Lipinski definition) is 4. The second-order valence-electron chi connectivity index (χ2n) is 6.87. The predicted molar refractivity (Wildman–Crippen MR) is 93.3 cm³/mol. The van der Waals surface area contributed by atoms with Crippen LogP contribution in [0.25, 0.3) is 0 Å². The van der Waals surface area contributed by atoms with Crippen molar-refractivity contribution >= 4 is 11.8 Å². The maximum absolute atomic E-state index is 12.2. The van der Waals surface area contributed by atoms with Crippen LogP contribution in [0.4, 0.5) is 0 Å². The van der Waals surface area contributed by atoms with Gasteiger partial charge < -0.3 is 20.1 Å². The molecule has 0 bridgehead atoms. The summed E-state index contributed by atoms with van der Waals surface area (Å²) in [5, 5.41) is 5.89. The van der Waals surface area contributed by atoms with Gasteiger partial charge >= 0.3 is 0 Å². The fourth-order valence-corrected chi connectivity index (χ4v) is 3.79. The molecule has 136 valence electrons. The van der Waals surface area contributed by atoms with Crippen molar-refractivity contribution < 1.29 is 19.1 Å². The maximum atomic E-state index is 12.2. The van der Waals surface area contributed by atoms with Gasteiger partial charge in [0.1, 0.15) is 0 Å². The molecule has 2 N–H and O–H groups in total. The standard InChI is InChI=1S/C19H26N2O4/c1-12-3-5-13(6-4-12)19(23)20-9-7-16(22)21-17-14-8-10-25-18(14)15(17)11-24-2/h3-6,14-15,17-18H,7-11H2,1-2H3,(H,20,23)(H,21,22)/t14-,15-,17-,18-/m0/s1. The summed E-state index contributed by atoms with van der Waals surface area (Å²) < 4.78 is 11.0. The van der Waals surface area contributed by atoms with Crippen molar-refractivity contribution in [3.05, 3.63) is 35.4 Å². The van der Waals surface area contributed by atoms with Crippen LogP contribution >= 0.6 is 0 Å². The van der Waals surface area contributed by atoms with E-state index >= 15 is 0 Å². The summed E-state index contributed by atoms with van der Waals surface area (Å²) in [4.78, 5) is 24.2.